The zero-order valence-electron chi connectivity index (χ0n) is 12.1. The number of hydrogen-bond acceptors (Lipinski definition) is 6. The van der Waals surface area contributed by atoms with Crippen LogP contribution in [0.5, 0.6) is 11.6 Å². The quantitative estimate of drug-likeness (QED) is 0.636. The predicted molar refractivity (Wildman–Crippen MR) is 84.4 cm³/mol. The second-order valence-electron chi connectivity index (χ2n) is 4.75. The van der Waals surface area contributed by atoms with Crippen molar-refractivity contribution in [1.82, 2.24) is 9.97 Å². The number of rotatable bonds is 4. The van der Waals surface area contributed by atoms with E-state index in [9.17, 15) is 15.0 Å². The number of nitrogens with one attached hydrogen (secondary N) is 1. The average molecular weight is 311 g/mol. The molecule has 0 bridgehead atoms. The van der Waals surface area contributed by atoms with Gasteiger partial charge in [-0.2, -0.15) is 0 Å². The Morgan fingerprint density at radius 3 is 2.57 bits per heavy atom. The molecule has 0 saturated heterocycles. The van der Waals surface area contributed by atoms with Gasteiger partial charge in [-0.25, -0.2) is 9.78 Å². The normalized spacial score (nSPS) is 10.5. The number of ether oxygens (including phenoxy) is 1. The molecule has 3 N–H and O–H groups in total. The maximum atomic E-state index is 11.5. The van der Waals surface area contributed by atoms with Gasteiger partial charge in [0.15, 0.2) is 0 Å². The molecule has 2 aromatic heterocycles. The summed E-state index contributed by atoms with van der Waals surface area (Å²) in [4.78, 5) is 19.9. The molecule has 0 aliphatic carbocycles. The van der Waals surface area contributed by atoms with Gasteiger partial charge in [-0.05, 0) is 30.3 Å². The van der Waals surface area contributed by atoms with Gasteiger partial charge in [-0.15, -0.1) is 0 Å². The number of hydrogen-bond donors (Lipinski definition) is 3. The number of carboxylic acid groups (broad SMARTS) is 1. The summed E-state index contributed by atoms with van der Waals surface area (Å²) in [5, 5.41) is 21.8. The number of aromatic carboxylic acids is 1. The molecule has 3 rings (SSSR count). The molecule has 0 saturated carbocycles. The molecule has 7 heteroatoms. The highest BCUT2D eigenvalue weighted by atomic mass is 16.5. The van der Waals surface area contributed by atoms with Crippen molar-refractivity contribution in [2.75, 3.05) is 12.4 Å². The molecule has 0 spiro atoms. The molecule has 0 aliphatic rings. The number of methoxy groups -OCH3 is 1. The number of nitrogens with zero attached hydrogens (tertiary/aromatic N) is 2. The fourth-order valence-electron chi connectivity index (χ4n) is 2.14. The lowest BCUT2D eigenvalue weighted by molar-refractivity contribution is 0.0697. The number of benzene rings is 1. The van der Waals surface area contributed by atoms with E-state index in [0.717, 1.165) is 0 Å². The third-order valence-electron chi connectivity index (χ3n) is 3.26. The van der Waals surface area contributed by atoms with Crippen molar-refractivity contribution in [3.63, 3.8) is 0 Å². The number of carboxylic acids is 1. The van der Waals surface area contributed by atoms with E-state index >= 15 is 0 Å². The second kappa shape index (κ2) is 5.80. The summed E-state index contributed by atoms with van der Waals surface area (Å²) in [6, 6.07) is 9.62. The van der Waals surface area contributed by atoms with Crippen LogP contribution in [-0.2, 0) is 0 Å². The summed E-state index contributed by atoms with van der Waals surface area (Å²) in [6.45, 7) is 0. The maximum absolute atomic E-state index is 11.5. The number of aromatic nitrogens is 2. The average Bonchev–Trinajstić information content (AvgIpc) is 2.56. The van der Waals surface area contributed by atoms with E-state index in [-0.39, 0.29) is 11.3 Å². The molecule has 0 fully saturated rings. The van der Waals surface area contributed by atoms with Gasteiger partial charge in [0, 0.05) is 18.0 Å². The van der Waals surface area contributed by atoms with Gasteiger partial charge < -0.3 is 20.3 Å². The van der Waals surface area contributed by atoms with E-state index in [4.69, 9.17) is 4.74 Å². The smallest absolute Gasteiger partial charge is 0.339 e. The van der Waals surface area contributed by atoms with Crippen molar-refractivity contribution >= 4 is 28.4 Å². The predicted octanol–water partition coefficient (Wildman–Crippen LogP) is 2.79. The van der Waals surface area contributed by atoms with Gasteiger partial charge >= 0.3 is 5.97 Å². The molecular weight excluding hydrogens is 298 g/mol. The Balaban J connectivity index is 2.19. The molecule has 23 heavy (non-hydrogen) atoms. The number of anilines is 2. The molecule has 0 aliphatic heterocycles. The molecule has 3 aromatic rings. The van der Waals surface area contributed by atoms with Crippen LogP contribution in [0.4, 0.5) is 11.4 Å². The lowest BCUT2D eigenvalue weighted by Gasteiger charge is -2.12. The molecule has 0 radical (unpaired) electrons. The van der Waals surface area contributed by atoms with Crippen LogP contribution in [-0.4, -0.2) is 33.3 Å². The first-order valence-corrected chi connectivity index (χ1v) is 6.71. The molecular formula is C16H13N3O4. The minimum Gasteiger partial charge on any atom is -0.508 e. The summed E-state index contributed by atoms with van der Waals surface area (Å²) in [5.74, 6) is -0.644. The first-order valence-electron chi connectivity index (χ1n) is 6.71. The summed E-state index contributed by atoms with van der Waals surface area (Å²) < 4.78 is 5.10. The van der Waals surface area contributed by atoms with Gasteiger partial charge in [0.2, 0.25) is 5.88 Å². The standard InChI is InChI=1S/C16H13N3O4/c1-23-13-7-6-12-15(19-13)14(11(8-17-12)16(21)22)18-9-2-4-10(20)5-3-9/h2-8,20H,1H3,(H,17,18)(H,21,22). The Labute approximate surface area is 131 Å². The number of aromatic hydroxyl groups is 1. The van der Waals surface area contributed by atoms with Crippen molar-refractivity contribution in [2.24, 2.45) is 0 Å². The van der Waals surface area contributed by atoms with Crippen molar-refractivity contribution in [1.29, 1.82) is 0 Å². The fourth-order valence-corrected chi connectivity index (χ4v) is 2.14. The Morgan fingerprint density at radius 2 is 1.91 bits per heavy atom. The number of fused-ring (bicyclic) bond motifs is 1. The maximum Gasteiger partial charge on any atom is 0.339 e. The summed E-state index contributed by atoms with van der Waals surface area (Å²) in [6.07, 6.45) is 1.28. The topological polar surface area (TPSA) is 105 Å². The molecule has 0 amide bonds. The second-order valence-corrected chi connectivity index (χ2v) is 4.75. The van der Waals surface area contributed by atoms with Crippen molar-refractivity contribution < 1.29 is 19.7 Å². The van der Waals surface area contributed by atoms with E-state index in [0.29, 0.717) is 28.3 Å². The van der Waals surface area contributed by atoms with E-state index in [1.54, 1.807) is 24.3 Å². The molecule has 0 unspecified atom stereocenters. The van der Waals surface area contributed by atoms with Crippen LogP contribution in [0.3, 0.4) is 0 Å². The number of phenols is 1. The molecule has 7 nitrogen and oxygen atoms in total. The Hall–Kier alpha value is -3.35. The van der Waals surface area contributed by atoms with Gasteiger partial charge in [-0.3, -0.25) is 4.98 Å². The van der Waals surface area contributed by atoms with E-state index in [1.807, 2.05) is 0 Å². The van der Waals surface area contributed by atoms with Crippen molar-refractivity contribution in [3.05, 3.63) is 48.2 Å². The zero-order valence-corrected chi connectivity index (χ0v) is 12.1. The zero-order chi connectivity index (χ0) is 16.4. The van der Waals surface area contributed by atoms with Crippen LogP contribution in [0.25, 0.3) is 11.0 Å². The van der Waals surface area contributed by atoms with Crippen molar-refractivity contribution in [3.8, 4) is 11.6 Å². The van der Waals surface area contributed by atoms with Crippen LogP contribution in [0.15, 0.2) is 42.6 Å². The fraction of sp³-hybridized carbons (Fsp3) is 0.0625. The van der Waals surface area contributed by atoms with Crippen molar-refractivity contribution in [2.45, 2.75) is 0 Å². The Kier molecular flexibility index (Phi) is 3.68. The monoisotopic (exact) mass is 311 g/mol. The Morgan fingerprint density at radius 1 is 1.17 bits per heavy atom. The molecule has 0 atom stereocenters. The summed E-state index contributed by atoms with van der Waals surface area (Å²) >= 11 is 0. The molecule has 1 aromatic carbocycles. The SMILES string of the molecule is COc1ccc2ncc(C(=O)O)c(Nc3ccc(O)cc3)c2n1. The van der Waals surface area contributed by atoms with Gasteiger partial charge in [0.25, 0.3) is 0 Å². The summed E-state index contributed by atoms with van der Waals surface area (Å²) in [7, 11) is 1.48. The Bertz CT molecular complexity index is 878. The van der Waals surface area contributed by atoms with E-state index in [2.05, 4.69) is 15.3 Å². The third kappa shape index (κ3) is 2.84. The highest BCUT2D eigenvalue weighted by Gasteiger charge is 2.16. The summed E-state index contributed by atoms with van der Waals surface area (Å²) in [5.41, 5.74) is 1.84. The van der Waals surface area contributed by atoms with Crippen LogP contribution in [0, 0.1) is 0 Å². The number of phenolic OH excluding ortho intramolecular Hbond substituents is 1. The van der Waals surface area contributed by atoms with Gasteiger partial charge in [0.05, 0.1) is 18.3 Å². The van der Waals surface area contributed by atoms with Crippen LogP contribution < -0.4 is 10.1 Å². The van der Waals surface area contributed by atoms with Gasteiger partial charge in [0.1, 0.15) is 16.8 Å². The largest absolute Gasteiger partial charge is 0.508 e. The lowest BCUT2D eigenvalue weighted by Crippen LogP contribution is -2.05. The minimum atomic E-state index is -1.12. The molecule has 2 heterocycles. The lowest BCUT2D eigenvalue weighted by atomic mass is 10.1. The van der Waals surface area contributed by atoms with Crippen LogP contribution >= 0.6 is 0 Å². The highest BCUT2D eigenvalue weighted by molar-refractivity contribution is 6.03. The third-order valence-corrected chi connectivity index (χ3v) is 3.26. The van der Waals surface area contributed by atoms with E-state index in [1.165, 1.54) is 25.4 Å². The minimum absolute atomic E-state index is 0.00803. The van der Waals surface area contributed by atoms with Crippen LogP contribution in [0.2, 0.25) is 0 Å². The number of pyridine rings is 2. The highest BCUT2D eigenvalue weighted by Crippen LogP contribution is 2.29. The van der Waals surface area contributed by atoms with Crippen LogP contribution in [0.1, 0.15) is 10.4 Å². The first-order chi connectivity index (χ1) is 11.1. The van der Waals surface area contributed by atoms with E-state index < -0.39 is 5.97 Å². The first kappa shape index (κ1) is 14.6. The number of carbonyl (C=O) groups is 1. The molecule has 116 valence electrons. The van der Waals surface area contributed by atoms with Gasteiger partial charge in [-0.1, -0.05) is 0 Å².